The van der Waals surface area contributed by atoms with Crippen LogP contribution in [0, 0.1) is 5.92 Å². The summed E-state index contributed by atoms with van der Waals surface area (Å²) in [5, 5.41) is 8.04. The highest BCUT2D eigenvalue weighted by molar-refractivity contribution is 7.99. The number of thioether (sulfide) groups is 1. The average molecular weight is 482 g/mol. The number of amides is 1. The number of fused-ring (bicyclic) bond motifs is 3. The lowest BCUT2D eigenvalue weighted by Crippen LogP contribution is -2.29. The summed E-state index contributed by atoms with van der Waals surface area (Å²) in [4.78, 5) is 12.6. The topological polar surface area (TPSA) is 53.5 Å². The van der Waals surface area contributed by atoms with Crippen molar-refractivity contribution in [2.24, 2.45) is 11.0 Å². The molecule has 1 aliphatic heterocycles. The number of anilines is 1. The van der Waals surface area contributed by atoms with Gasteiger partial charge in [-0.1, -0.05) is 78.9 Å². The second-order valence-corrected chi connectivity index (χ2v) is 10.6. The molecule has 0 saturated heterocycles. The maximum atomic E-state index is 12.6. The molecule has 35 heavy (non-hydrogen) atoms. The van der Waals surface area contributed by atoms with Crippen molar-refractivity contribution in [1.82, 2.24) is 5.43 Å². The van der Waals surface area contributed by atoms with E-state index in [-0.39, 0.29) is 11.2 Å². The van der Waals surface area contributed by atoms with E-state index < -0.39 is 0 Å². The minimum Gasteiger partial charge on any atom is -0.378 e. The first-order valence-electron chi connectivity index (χ1n) is 12.2. The number of benzene rings is 3. The van der Waals surface area contributed by atoms with E-state index in [2.05, 4.69) is 88.7 Å². The highest BCUT2D eigenvalue weighted by Crippen LogP contribution is 2.49. The Kier molecular flexibility index (Phi) is 7.05. The van der Waals surface area contributed by atoms with Crippen molar-refractivity contribution in [1.29, 1.82) is 0 Å². The van der Waals surface area contributed by atoms with Gasteiger partial charge in [0.15, 0.2) is 0 Å². The van der Waals surface area contributed by atoms with Crippen molar-refractivity contribution in [3.8, 4) is 0 Å². The summed E-state index contributed by atoms with van der Waals surface area (Å²) in [6, 6.07) is 27.7. The van der Waals surface area contributed by atoms with Gasteiger partial charge in [0, 0.05) is 17.4 Å². The van der Waals surface area contributed by atoms with Gasteiger partial charge in [0.25, 0.3) is 5.91 Å². The van der Waals surface area contributed by atoms with Gasteiger partial charge in [-0.25, -0.2) is 5.43 Å². The molecule has 2 N–H and O–H groups in total. The lowest BCUT2D eigenvalue weighted by atomic mass is 9.76. The van der Waals surface area contributed by atoms with Gasteiger partial charge in [-0.15, -0.1) is 11.8 Å². The standard InChI is InChI=1S/C30H31N3OS/c1-20(32-33-30(34)21(2)35-19-22-10-5-3-6-11-22)24-16-17-28-27(18-24)25-14-9-15-26(25)29(31-28)23-12-7-4-8-13-23/h3-14,16-18,21,25-26,29,31H,15,19H2,1-2H3,(H,33,34)/b32-20-/t21-,25-,26+,29+/m1/s1. The van der Waals surface area contributed by atoms with Crippen LogP contribution >= 0.6 is 11.8 Å². The van der Waals surface area contributed by atoms with Crippen molar-refractivity contribution >= 4 is 29.1 Å². The van der Waals surface area contributed by atoms with E-state index in [0.29, 0.717) is 17.9 Å². The van der Waals surface area contributed by atoms with E-state index in [1.807, 2.05) is 32.0 Å². The lowest BCUT2D eigenvalue weighted by molar-refractivity contribution is -0.120. The smallest absolute Gasteiger partial charge is 0.252 e. The number of carbonyl (C=O) groups excluding carboxylic acids is 1. The zero-order chi connectivity index (χ0) is 24.2. The van der Waals surface area contributed by atoms with E-state index in [9.17, 15) is 4.79 Å². The SMILES string of the molecule is C/C(=N/NC(=O)[C@@H](C)SCc1ccccc1)c1ccc2c(c1)[C@@H]1C=CC[C@@H]1[C@H](c1ccccc1)N2. The number of nitrogens with one attached hydrogen (secondary N) is 2. The molecule has 5 rings (SSSR count). The molecule has 0 unspecified atom stereocenters. The molecule has 178 valence electrons. The Morgan fingerprint density at radius 1 is 1.09 bits per heavy atom. The van der Waals surface area contributed by atoms with Gasteiger partial charge in [-0.3, -0.25) is 4.79 Å². The monoisotopic (exact) mass is 481 g/mol. The fraction of sp³-hybridized carbons (Fsp3) is 0.267. The average Bonchev–Trinajstić information content (AvgIpc) is 3.41. The first-order chi connectivity index (χ1) is 17.1. The molecule has 5 heteroatoms. The number of rotatable bonds is 7. The number of carbonyl (C=O) groups is 1. The Labute approximate surface area is 211 Å². The van der Waals surface area contributed by atoms with E-state index in [1.54, 1.807) is 11.8 Å². The van der Waals surface area contributed by atoms with Crippen molar-refractivity contribution in [2.75, 3.05) is 5.32 Å². The van der Waals surface area contributed by atoms with Gasteiger partial charge in [0.2, 0.25) is 0 Å². The highest BCUT2D eigenvalue weighted by Gasteiger charge is 2.37. The number of hydrazone groups is 1. The van der Waals surface area contributed by atoms with Crippen molar-refractivity contribution in [2.45, 2.75) is 43.2 Å². The predicted molar refractivity (Wildman–Crippen MR) is 147 cm³/mol. The number of nitrogens with zero attached hydrogens (tertiary/aromatic N) is 1. The van der Waals surface area contributed by atoms with E-state index in [4.69, 9.17) is 0 Å². The second kappa shape index (κ2) is 10.5. The molecular formula is C30H31N3OS. The molecule has 2 aliphatic rings. The molecular weight excluding hydrogens is 450 g/mol. The quantitative estimate of drug-likeness (QED) is 0.225. The van der Waals surface area contributed by atoms with Crippen molar-refractivity contribution in [3.63, 3.8) is 0 Å². The maximum absolute atomic E-state index is 12.6. The second-order valence-electron chi connectivity index (χ2n) is 9.30. The van der Waals surface area contributed by atoms with E-state index in [0.717, 1.165) is 23.4 Å². The summed E-state index contributed by atoms with van der Waals surface area (Å²) in [5.41, 5.74) is 9.65. The van der Waals surface area contributed by atoms with E-state index >= 15 is 0 Å². The van der Waals surface area contributed by atoms with Gasteiger partial charge in [-0.05, 0) is 60.6 Å². The van der Waals surface area contributed by atoms with Crippen molar-refractivity contribution in [3.05, 3.63) is 113 Å². The van der Waals surface area contributed by atoms with Gasteiger partial charge in [0.1, 0.15) is 0 Å². The molecule has 0 radical (unpaired) electrons. The van der Waals surface area contributed by atoms with Crippen LogP contribution in [0.5, 0.6) is 0 Å². The van der Waals surface area contributed by atoms with Crippen LogP contribution in [-0.2, 0) is 10.5 Å². The van der Waals surface area contributed by atoms with Gasteiger partial charge < -0.3 is 5.32 Å². The van der Waals surface area contributed by atoms with Crippen LogP contribution in [0.15, 0.2) is 96.1 Å². The Balaban J connectivity index is 1.27. The Morgan fingerprint density at radius 2 is 1.83 bits per heavy atom. The summed E-state index contributed by atoms with van der Waals surface area (Å²) in [5.74, 6) is 1.61. The van der Waals surface area contributed by atoms with Crippen LogP contribution in [-0.4, -0.2) is 16.9 Å². The third-order valence-corrected chi connectivity index (χ3v) is 8.20. The fourth-order valence-electron chi connectivity index (χ4n) is 4.98. The molecule has 0 aromatic heterocycles. The highest BCUT2D eigenvalue weighted by atomic mass is 32.2. The van der Waals surface area contributed by atoms with E-state index in [1.165, 1.54) is 22.4 Å². The largest absolute Gasteiger partial charge is 0.378 e. The summed E-state index contributed by atoms with van der Waals surface area (Å²) in [6.45, 7) is 3.88. The van der Waals surface area contributed by atoms with Crippen LogP contribution in [0.1, 0.15) is 54.5 Å². The zero-order valence-electron chi connectivity index (χ0n) is 20.1. The molecule has 4 nitrogen and oxygen atoms in total. The summed E-state index contributed by atoms with van der Waals surface area (Å²) < 4.78 is 0. The van der Waals surface area contributed by atoms with Crippen LogP contribution in [0.25, 0.3) is 0 Å². The minimum absolute atomic E-state index is 0.0746. The molecule has 0 bridgehead atoms. The normalized spacial score (nSPS) is 21.5. The molecule has 1 heterocycles. The molecule has 0 spiro atoms. The van der Waals surface area contributed by atoms with Crippen LogP contribution in [0.2, 0.25) is 0 Å². The first-order valence-corrected chi connectivity index (χ1v) is 13.3. The molecule has 3 aromatic rings. The van der Waals surface area contributed by atoms with Crippen LogP contribution < -0.4 is 10.7 Å². The maximum Gasteiger partial charge on any atom is 0.252 e. The summed E-state index contributed by atoms with van der Waals surface area (Å²) in [6.07, 6.45) is 5.73. The Hall–Kier alpha value is -3.31. The van der Waals surface area contributed by atoms with Crippen LogP contribution in [0.4, 0.5) is 5.69 Å². The third-order valence-electron chi connectivity index (χ3n) is 6.99. The van der Waals surface area contributed by atoms with Crippen molar-refractivity contribution < 1.29 is 4.79 Å². The van der Waals surface area contributed by atoms with Gasteiger partial charge >= 0.3 is 0 Å². The molecule has 3 aromatic carbocycles. The Morgan fingerprint density at radius 3 is 2.60 bits per heavy atom. The number of allylic oxidation sites excluding steroid dienone is 2. The fourth-order valence-corrected chi connectivity index (χ4v) is 5.81. The zero-order valence-corrected chi connectivity index (χ0v) is 21.0. The molecule has 1 amide bonds. The molecule has 0 fully saturated rings. The minimum atomic E-state index is -0.182. The third kappa shape index (κ3) is 5.20. The van der Waals surface area contributed by atoms with Gasteiger partial charge in [-0.2, -0.15) is 5.10 Å². The molecule has 0 saturated carbocycles. The number of hydrogen-bond donors (Lipinski definition) is 2. The lowest BCUT2D eigenvalue weighted by Gasteiger charge is -2.37. The summed E-state index contributed by atoms with van der Waals surface area (Å²) >= 11 is 1.62. The first kappa shape index (κ1) is 23.4. The van der Waals surface area contributed by atoms with Crippen LogP contribution in [0.3, 0.4) is 0 Å². The number of hydrogen-bond acceptors (Lipinski definition) is 4. The molecule has 4 atom stereocenters. The Bertz CT molecular complexity index is 1240. The predicted octanol–water partition coefficient (Wildman–Crippen LogP) is 6.68. The van der Waals surface area contributed by atoms with Gasteiger partial charge in [0.05, 0.1) is 17.0 Å². The molecule has 1 aliphatic carbocycles. The summed E-state index contributed by atoms with van der Waals surface area (Å²) in [7, 11) is 0.